The van der Waals surface area contributed by atoms with Gasteiger partial charge in [-0.25, -0.2) is 8.78 Å². The molecule has 9 heteroatoms. The molecule has 0 bridgehead atoms. The van der Waals surface area contributed by atoms with Crippen molar-refractivity contribution in [2.75, 3.05) is 0 Å². The minimum atomic E-state index is -1.46. The van der Waals surface area contributed by atoms with Crippen LogP contribution in [0.1, 0.15) is 19.4 Å². The molecule has 0 atom stereocenters. The van der Waals surface area contributed by atoms with Gasteiger partial charge in [-0.15, -0.1) is 40.3 Å². The Bertz CT molecular complexity index is 717. The molecule has 2 rings (SSSR count). The molecule has 2 aromatic carbocycles. The SMILES string of the molecule is CC(C)Oc1ccc([C-]=O)cc1O.Fc1[c-]c(I)c(I)c(F)c1F.[U+2]. The monoisotopic (exact) mass is 800 g/mol. The van der Waals surface area contributed by atoms with Crippen molar-refractivity contribution in [2.45, 2.75) is 20.0 Å². The second kappa shape index (κ2) is 11.7. The topological polar surface area (TPSA) is 46.5 Å². The fraction of sp³-hybridized carbons (Fsp3) is 0.188. The molecule has 25 heavy (non-hydrogen) atoms. The van der Waals surface area contributed by atoms with Crippen LogP contribution in [0, 0.1) is 61.8 Å². The summed E-state index contributed by atoms with van der Waals surface area (Å²) >= 11 is 3.27. The third-order valence-electron chi connectivity index (χ3n) is 2.43. The van der Waals surface area contributed by atoms with E-state index in [0.29, 0.717) is 11.3 Å². The molecule has 3 nitrogen and oxygen atoms in total. The summed E-state index contributed by atoms with van der Waals surface area (Å²) in [5.74, 6) is -3.53. The largest absolute Gasteiger partial charge is 2.00 e. The van der Waals surface area contributed by atoms with Crippen molar-refractivity contribution < 1.29 is 58.9 Å². The van der Waals surface area contributed by atoms with Crippen LogP contribution in [0.3, 0.4) is 0 Å². The molecule has 0 saturated carbocycles. The van der Waals surface area contributed by atoms with Gasteiger partial charge in [0.2, 0.25) is 0 Å². The molecule has 0 fully saturated rings. The number of phenols is 1. The number of hydrogen-bond acceptors (Lipinski definition) is 3. The molecule has 0 aliphatic carbocycles. The Morgan fingerprint density at radius 2 is 1.80 bits per heavy atom. The van der Waals surface area contributed by atoms with Crippen molar-refractivity contribution >= 4 is 51.5 Å². The van der Waals surface area contributed by atoms with E-state index < -0.39 is 17.5 Å². The van der Waals surface area contributed by atoms with Gasteiger partial charge in [-0.3, -0.25) is 4.39 Å². The minimum Gasteiger partial charge on any atom is -0.517 e. The van der Waals surface area contributed by atoms with Gasteiger partial charge < -0.3 is 14.6 Å². The average molecular weight is 800 g/mol. The zero-order chi connectivity index (χ0) is 18.4. The zero-order valence-corrected chi connectivity index (χ0v) is 21.4. The molecule has 0 unspecified atom stereocenters. The maximum absolute atomic E-state index is 12.6. The number of aromatic hydroxyl groups is 1. The summed E-state index contributed by atoms with van der Waals surface area (Å²) in [4.78, 5) is 10.2. The first-order valence-corrected chi connectivity index (χ1v) is 8.61. The van der Waals surface area contributed by atoms with Gasteiger partial charge in [0.25, 0.3) is 0 Å². The molecule has 0 radical (unpaired) electrons. The molecule has 0 amide bonds. The van der Waals surface area contributed by atoms with E-state index in [0.717, 1.165) is 0 Å². The number of phenolic OH excluding ortho intramolecular Hbond substituents is 1. The number of halogens is 5. The van der Waals surface area contributed by atoms with Gasteiger partial charge in [0.15, 0.2) is 0 Å². The predicted octanol–water partition coefficient (Wildman–Crippen LogP) is 4.75. The Morgan fingerprint density at radius 3 is 2.28 bits per heavy atom. The molecule has 2 aromatic rings. The van der Waals surface area contributed by atoms with Crippen LogP contribution in [-0.2, 0) is 4.79 Å². The fourth-order valence-corrected chi connectivity index (χ4v) is 2.27. The van der Waals surface area contributed by atoms with Gasteiger partial charge in [-0.2, -0.15) is 6.07 Å². The van der Waals surface area contributed by atoms with Crippen molar-refractivity contribution in [2.24, 2.45) is 0 Å². The second-order valence-corrected chi connectivity index (χ2v) is 6.80. The summed E-state index contributed by atoms with van der Waals surface area (Å²) in [6.45, 7) is 3.72. The normalized spacial score (nSPS) is 9.76. The van der Waals surface area contributed by atoms with Gasteiger partial charge >= 0.3 is 31.1 Å². The quantitative estimate of drug-likeness (QED) is 0.211. The first kappa shape index (κ1) is 25.0. The molecule has 0 spiro atoms. The standard InChI is InChI=1S/C10H11O3.C6F3I2.U/c1-7(2)13-10-4-3-8(6-11)5-9(10)12;7-2-1-3(10)6(11)5(9)4(2)8;/h3-5,7,12H,1-2H3;;/q2*-1;+2. The van der Waals surface area contributed by atoms with E-state index >= 15 is 0 Å². The fourth-order valence-electron chi connectivity index (χ4n) is 1.43. The second-order valence-electron chi connectivity index (χ2n) is 4.65. The Morgan fingerprint density at radius 1 is 1.20 bits per heavy atom. The van der Waals surface area contributed by atoms with Gasteiger partial charge in [-0.05, 0) is 17.4 Å². The smallest absolute Gasteiger partial charge is 0.517 e. The van der Waals surface area contributed by atoms with Crippen LogP contribution in [0.4, 0.5) is 13.2 Å². The van der Waals surface area contributed by atoms with Crippen LogP contribution in [-0.4, -0.2) is 17.5 Å². The molecule has 0 aliphatic heterocycles. The number of hydrogen-bond donors (Lipinski definition) is 1. The zero-order valence-electron chi connectivity index (χ0n) is 13.0. The Kier molecular flexibility index (Phi) is 11.7. The summed E-state index contributed by atoms with van der Waals surface area (Å²) in [5.41, 5.74) is 0.314. The van der Waals surface area contributed by atoms with E-state index in [2.05, 4.69) is 0 Å². The minimum absolute atomic E-state index is 0. The van der Waals surface area contributed by atoms with E-state index in [1.54, 1.807) is 63.6 Å². The molecular weight excluding hydrogens is 789 g/mol. The van der Waals surface area contributed by atoms with E-state index in [9.17, 15) is 23.1 Å². The van der Waals surface area contributed by atoms with Gasteiger partial charge in [0.05, 0.1) is 24.0 Å². The number of rotatable bonds is 3. The van der Waals surface area contributed by atoms with Crippen LogP contribution >= 0.6 is 45.2 Å². The summed E-state index contributed by atoms with van der Waals surface area (Å²) < 4.78 is 42.9. The number of ether oxygens (including phenoxy) is 1. The first-order valence-electron chi connectivity index (χ1n) is 6.46. The van der Waals surface area contributed by atoms with E-state index in [1.165, 1.54) is 6.07 Å². The number of carbonyl (C=O) groups excluding carboxylic acids is 1. The van der Waals surface area contributed by atoms with E-state index in [1.807, 2.05) is 19.9 Å². The van der Waals surface area contributed by atoms with Gasteiger partial charge in [0.1, 0.15) is 11.5 Å². The average Bonchev–Trinajstić information content (AvgIpc) is 2.53. The summed E-state index contributed by atoms with van der Waals surface area (Å²) in [5, 5.41) is 9.37. The maximum Gasteiger partial charge on any atom is 2.00 e. The Labute approximate surface area is 194 Å². The summed E-state index contributed by atoms with van der Waals surface area (Å²) in [6, 6.07) is 6.47. The van der Waals surface area contributed by atoms with Crippen LogP contribution < -0.4 is 4.74 Å². The van der Waals surface area contributed by atoms with Crippen LogP contribution in [0.2, 0.25) is 0 Å². The Balaban J connectivity index is 0.000000449. The molecular formula is C16H11F3I2O3U. The number of benzene rings is 2. The Hall–Kier alpha value is 0.0119. The molecule has 0 aromatic heterocycles. The predicted molar refractivity (Wildman–Crippen MR) is 99.3 cm³/mol. The maximum atomic E-state index is 12.6. The van der Waals surface area contributed by atoms with Crippen LogP contribution in [0.25, 0.3) is 0 Å². The first-order chi connectivity index (χ1) is 11.2. The van der Waals surface area contributed by atoms with Crippen molar-refractivity contribution in [1.82, 2.24) is 0 Å². The molecule has 132 valence electrons. The third-order valence-corrected chi connectivity index (χ3v) is 5.28. The van der Waals surface area contributed by atoms with Crippen molar-refractivity contribution in [1.29, 1.82) is 0 Å². The molecule has 0 heterocycles. The summed E-state index contributed by atoms with van der Waals surface area (Å²) in [6.07, 6.45) is 1.68. The van der Waals surface area contributed by atoms with Crippen molar-refractivity contribution in [3.8, 4) is 11.5 Å². The molecule has 0 aliphatic rings. The van der Waals surface area contributed by atoms with Crippen molar-refractivity contribution in [3.63, 3.8) is 0 Å². The molecule has 1 N–H and O–H groups in total. The van der Waals surface area contributed by atoms with Gasteiger partial charge in [-0.1, -0.05) is 32.2 Å². The van der Waals surface area contributed by atoms with Crippen LogP contribution in [0.15, 0.2) is 18.2 Å². The molecule has 0 saturated heterocycles. The third kappa shape index (κ3) is 7.64. The van der Waals surface area contributed by atoms with E-state index in [-0.39, 0.29) is 50.1 Å². The summed E-state index contributed by atoms with van der Waals surface area (Å²) in [7, 11) is 0. The van der Waals surface area contributed by atoms with E-state index in [4.69, 9.17) is 4.74 Å². The van der Waals surface area contributed by atoms with Crippen molar-refractivity contribution in [3.05, 3.63) is 54.4 Å². The van der Waals surface area contributed by atoms with Gasteiger partial charge in [0, 0.05) is 5.82 Å². The van der Waals surface area contributed by atoms with Crippen LogP contribution in [0.5, 0.6) is 11.5 Å².